The van der Waals surface area contributed by atoms with Crippen LogP contribution in [0.2, 0.25) is 0 Å². The minimum Gasteiger partial charge on any atom is -0.465 e. The van der Waals surface area contributed by atoms with Gasteiger partial charge in [-0.1, -0.05) is 113 Å². The number of carbonyl (C=O) groups is 1. The zero-order chi connectivity index (χ0) is 20.0. The summed E-state index contributed by atoms with van der Waals surface area (Å²) in [6, 6.07) is 0. The molecular weight excluding hydrogens is 400 g/mol. The molecule has 0 amide bonds. The maximum Gasteiger partial charge on any atom is 0.305 e. The Bertz CT molecular complexity index is 293. The lowest BCUT2D eigenvalue weighted by molar-refractivity contribution is -0.145. The Morgan fingerprint density at radius 1 is 0.704 bits per heavy atom. The van der Waals surface area contributed by atoms with E-state index in [4.69, 9.17) is 4.74 Å². The second-order valence-corrected chi connectivity index (χ2v) is 8.95. The lowest BCUT2D eigenvalue weighted by Gasteiger charge is -2.17. The first-order chi connectivity index (χ1) is 13.2. The molecule has 0 spiro atoms. The van der Waals surface area contributed by atoms with Crippen LogP contribution in [0.3, 0.4) is 0 Å². The molecule has 0 N–H and O–H groups in total. The minimum atomic E-state index is 0.0254. The fourth-order valence-electron chi connectivity index (χ4n) is 3.56. The number of carbonyl (C=O) groups excluding carboxylic acids is 1. The van der Waals surface area contributed by atoms with Crippen LogP contribution in [0.1, 0.15) is 129 Å². The van der Waals surface area contributed by atoms with Gasteiger partial charge in [-0.05, 0) is 31.6 Å². The van der Waals surface area contributed by atoms with Gasteiger partial charge in [-0.2, -0.15) is 0 Å². The molecule has 0 aliphatic rings. The van der Waals surface area contributed by atoms with Crippen LogP contribution < -0.4 is 0 Å². The third kappa shape index (κ3) is 20.5. The van der Waals surface area contributed by atoms with Crippen LogP contribution in [0.4, 0.5) is 0 Å². The summed E-state index contributed by atoms with van der Waals surface area (Å²) in [5.74, 6) is 0.605. The zero-order valence-electron chi connectivity index (χ0n) is 18.4. The van der Waals surface area contributed by atoms with Crippen LogP contribution in [0.5, 0.6) is 0 Å². The number of hydrogen-bond acceptors (Lipinski definition) is 2. The molecule has 0 saturated heterocycles. The van der Waals surface area contributed by atoms with E-state index in [0.717, 1.165) is 18.2 Å². The summed E-state index contributed by atoms with van der Waals surface area (Å²) in [6.45, 7) is 5.19. The van der Waals surface area contributed by atoms with E-state index in [1.165, 1.54) is 96.3 Å². The molecule has 0 radical (unpaired) electrons. The summed E-state index contributed by atoms with van der Waals surface area (Å²) < 4.78 is 5.64. The average Bonchev–Trinajstić information content (AvgIpc) is 2.67. The number of rotatable bonds is 21. The maximum atomic E-state index is 12.0. The summed E-state index contributed by atoms with van der Waals surface area (Å²) in [5.41, 5.74) is 0. The van der Waals surface area contributed by atoms with Crippen molar-refractivity contribution in [1.82, 2.24) is 0 Å². The van der Waals surface area contributed by atoms with Crippen LogP contribution in [0.15, 0.2) is 0 Å². The number of esters is 1. The smallest absolute Gasteiger partial charge is 0.305 e. The Morgan fingerprint density at radius 2 is 1.19 bits per heavy atom. The Labute approximate surface area is 178 Å². The first kappa shape index (κ1) is 27.0. The van der Waals surface area contributed by atoms with Gasteiger partial charge >= 0.3 is 5.97 Å². The molecule has 162 valence electrons. The van der Waals surface area contributed by atoms with E-state index in [9.17, 15) is 4.79 Å². The molecule has 0 fully saturated rings. The van der Waals surface area contributed by atoms with Gasteiger partial charge in [0.1, 0.15) is 0 Å². The SMILES string of the molecule is CCCCCCCC(CCCCCCC)COC(=O)CCCCCCCBr. The third-order valence-corrected chi connectivity index (χ3v) is 5.99. The van der Waals surface area contributed by atoms with Crippen LogP contribution in [0, 0.1) is 5.92 Å². The van der Waals surface area contributed by atoms with Gasteiger partial charge < -0.3 is 4.74 Å². The van der Waals surface area contributed by atoms with E-state index >= 15 is 0 Å². The monoisotopic (exact) mass is 446 g/mol. The molecular formula is C24H47BrO2. The highest BCUT2D eigenvalue weighted by atomic mass is 79.9. The number of alkyl halides is 1. The molecule has 0 heterocycles. The molecule has 0 atom stereocenters. The first-order valence-corrected chi connectivity index (χ1v) is 13.1. The van der Waals surface area contributed by atoms with Gasteiger partial charge in [0.2, 0.25) is 0 Å². The molecule has 2 nitrogen and oxygen atoms in total. The Hall–Kier alpha value is -0.0500. The van der Waals surface area contributed by atoms with E-state index < -0.39 is 0 Å². The molecule has 0 aromatic carbocycles. The van der Waals surface area contributed by atoms with Crippen LogP contribution in [-0.4, -0.2) is 17.9 Å². The van der Waals surface area contributed by atoms with E-state index in [2.05, 4.69) is 29.8 Å². The molecule has 0 saturated carbocycles. The van der Waals surface area contributed by atoms with Crippen molar-refractivity contribution in [2.45, 2.75) is 129 Å². The van der Waals surface area contributed by atoms with Gasteiger partial charge in [0.05, 0.1) is 6.61 Å². The Morgan fingerprint density at radius 3 is 1.74 bits per heavy atom. The molecule has 0 unspecified atom stereocenters. The molecule has 0 aromatic heterocycles. The number of halogens is 1. The highest BCUT2D eigenvalue weighted by molar-refractivity contribution is 9.09. The number of hydrogen-bond donors (Lipinski definition) is 0. The van der Waals surface area contributed by atoms with Crippen molar-refractivity contribution >= 4 is 21.9 Å². The molecule has 0 aromatic rings. The lowest BCUT2D eigenvalue weighted by Crippen LogP contribution is -2.14. The summed E-state index contributed by atoms with van der Waals surface area (Å²) in [7, 11) is 0. The fourth-order valence-corrected chi connectivity index (χ4v) is 3.96. The second kappa shape index (κ2) is 22.2. The number of unbranched alkanes of at least 4 members (excludes halogenated alkanes) is 12. The van der Waals surface area contributed by atoms with Crippen molar-refractivity contribution in [1.29, 1.82) is 0 Å². The van der Waals surface area contributed by atoms with Crippen molar-refractivity contribution in [3.05, 3.63) is 0 Å². The van der Waals surface area contributed by atoms with Gasteiger partial charge in [-0.15, -0.1) is 0 Å². The van der Waals surface area contributed by atoms with Gasteiger partial charge in [0, 0.05) is 11.8 Å². The lowest BCUT2D eigenvalue weighted by atomic mass is 9.95. The first-order valence-electron chi connectivity index (χ1n) is 12.0. The van der Waals surface area contributed by atoms with Gasteiger partial charge in [0.25, 0.3) is 0 Å². The quantitative estimate of drug-likeness (QED) is 0.100. The van der Waals surface area contributed by atoms with Crippen LogP contribution in [-0.2, 0) is 9.53 Å². The van der Waals surface area contributed by atoms with Gasteiger partial charge in [-0.3, -0.25) is 4.79 Å². The molecule has 0 rings (SSSR count). The standard InChI is InChI=1S/C24H47BrO2/c1-3-5-7-10-14-18-23(19-15-11-8-6-4-2)22-27-24(26)20-16-12-9-13-17-21-25/h23H,3-22H2,1-2H3. The van der Waals surface area contributed by atoms with Crippen molar-refractivity contribution in [3.8, 4) is 0 Å². The highest BCUT2D eigenvalue weighted by Crippen LogP contribution is 2.20. The van der Waals surface area contributed by atoms with Crippen molar-refractivity contribution in [2.24, 2.45) is 5.92 Å². The average molecular weight is 448 g/mol. The predicted octanol–water partition coefficient (Wildman–Crippen LogP) is 8.60. The molecule has 0 bridgehead atoms. The van der Waals surface area contributed by atoms with Crippen LogP contribution >= 0.6 is 15.9 Å². The summed E-state index contributed by atoms with van der Waals surface area (Å²) in [5, 5.41) is 1.09. The van der Waals surface area contributed by atoms with Crippen molar-refractivity contribution in [3.63, 3.8) is 0 Å². The topological polar surface area (TPSA) is 26.3 Å². The normalized spacial score (nSPS) is 11.3. The van der Waals surface area contributed by atoms with Crippen molar-refractivity contribution in [2.75, 3.05) is 11.9 Å². The van der Waals surface area contributed by atoms with E-state index in [-0.39, 0.29) is 5.97 Å². The predicted molar refractivity (Wildman–Crippen MR) is 123 cm³/mol. The Kier molecular flexibility index (Phi) is 22.2. The summed E-state index contributed by atoms with van der Waals surface area (Å²) in [4.78, 5) is 12.0. The Balaban J connectivity index is 3.91. The van der Waals surface area contributed by atoms with E-state index in [0.29, 0.717) is 18.9 Å². The molecule has 0 aliphatic carbocycles. The van der Waals surface area contributed by atoms with E-state index in [1.54, 1.807) is 0 Å². The number of ether oxygens (including phenoxy) is 1. The van der Waals surface area contributed by atoms with Crippen LogP contribution in [0.25, 0.3) is 0 Å². The molecule has 27 heavy (non-hydrogen) atoms. The highest BCUT2D eigenvalue weighted by Gasteiger charge is 2.12. The third-order valence-electron chi connectivity index (χ3n) is 5.43. The van der Waals surface area contributed by atoms with Gasteiger partial charge in [-0.25, -0.2) is 0 Å². The zero-order valence-corrected chi connectivity index (χ0v) is 20.0. The second-order valence-electron chi connectivity index (χ2n) is 8.16. The maximum absolute atomic E-state index is 12.0. The van der Waals surface area contributed by atoms with E-state index in [1.807, 2.05) is 0 Å². The minimum absolute atomic E-state index is 0.0254. The van der Waals surface area contributed by atoms with Gasteiger partial charge in [0.15, 0.2) is 0 Å². The summed E-state index contributed by atoms with van der Waals surface area (Å²) in [6.07, 6.45) is 22.2. The van der Waals surface area contributed by atoms with Crippen molar-refractivity contribution < 1.29 is 9.53 Å². The molecule has 0 aliphatic heterocycles. The summed E-state index contributed by atoms with van der Waals surface area (Å²) >= 11 is 3.46. The molecule has 3 heteroatoms. The largest absolute Gasteiger partial charge is 0.465 e. The fraction of sp³-hybridized carbons (Fsp3) is 0.958.